The number of carbonyl (C=O) groups excluding carboxylic acids is 4. The molecule has 8 nitrogen and oxygen atoms in total. The van der Waals surface area contributed by atoms with Gasteiger partial charge in [0.15, 0.2) is 6.61 Å². The Morgan fingerprint density at radius 1 is 1.10 bits per heavy atom. The van der Waals surface area contributed by atoms with Crippen LogP contribution >= 0.6 is 15.9 Å². The molecule has 3 rings (SSSR count). The lowest BCUT2D eigenvalue weighted by Gasteiger charge is -2.17. The summed E-state index contributed by atoms with van der Waals surface area (Å²) in [6.07, 6.45) is 0.798. The number of halogens is 1. The highest BCUT2D eigenvalue weighted by Gasteiger charge is 2.36. The van der Waals surface area contributed by atoms with Crippen LogP contribution in [0.2, 0.25) is 0 Å². The number of nitrogens with zero attached hydrogens (tertiary/aromatic N) is 1. The monoisotopic (exact) mass is 487 g/mol. The fraction of sp³-hybridized carbons (Fsp3) is 0.273. The van der Waals surface area contributed by atoms with Crippen LogP contribution in [0.1, 0.15) is 29.3 Å². The Bertz CT molecular complexity index is 976. The molecule has 0 bridgehead atoms. The minimum atomic E-state index is -0.755. The SMILES string of the molecule is CCc1ccc(NC(=O)COC(=O)[C@@H]2CC(=O)N(NC(=O)c3ccc(Br)cc3)C2)cc1. The second-order valence-electron chi connectivity index (χ2n) is 7.06. The van der Waals surface area contributed by atoms with E-state index in [1.807, 2.05) is 19.1 Å². The second kappa shape index (κ2) is 10.2. The highest BCUT2D eigenvalue weighted by Crippen LogP contribution is 2.18. The molecule has 0 saturated carbocycles. The van der Waals surface area contributed by atoms with Gasteiger partial charge in [0, 0.05) is 22.1 Å². The molecule has 1 heterocycles. The van der Waals surface area contributed by atoms with Crippen molar-refractivity contribution in [2.75, 3.05) is 18.5 Å². The van der Waals surface area contributed by atoms with Crippen molar-refractivity contribution < 1.29 is 23.9 Å². The number of nitrogens with one attached hydrogen (secondary N) is 2. The van der Waals surface area contributed by atoms with Crippen LogP contribution in [-0.2, 0) is 25.5 Å². The number of rotatable bonds is 7. The van der Waals surface area contributed by atoms with Gasteiger partial charge in [-0.2, -0.15) is 0 Å². The Balaban J connectivity index is 1.46. The van der Waals surface area contributed by atoms with E-state index in [-0.39, 0.29) is 13.0 Å². The summed E-state index contributed by atoms with van der Waals surface area (Å²) >= 11 is 3.29. The number of amides is 3. The molecule has 1 fully saturated rings. The molecule has 2 aromatic rings. The molecule has 2 N–H and O–H groups in total. The normalized spacial score (nSPS) is 15.5. The maximum atomic E-state index is 12.3. The topological polar surface area (TPSA) is 105 Å². The van der Waals surface area contributed by atoms with E-state index in [0.29, 0.717) is 11.3 Å². The molecule has 1 aliphatic heterocycles. The van der Waals surface area contributed by atoms with E-state index in [0.717, 1.165) is 21.5 Å². The van der Waals surface area contributed by atoms with E-state index in [1.165, 1.54) is 0 Å². The minimum absolute atomic E-state index is 0.0139. The zero-order valence-electron chi connectivity index (χ0n) is 16.9. The quantitative estimate of drug-likeness (QED) is 0.584. The van der Waals surface area contributed by atoms with Crippen molar-refractivity contribution in [3.8, 4) is 0 Å². The first-order valence-corrected chi connectivity index (χ1v) is 10.6. The van der Waals surface area contributed by atoms with Gasteiger partial charge in [0.25, 0.3) is 11.8 Å². The summed E-state index contributed by atoms with van der Waals surface area (Å²) in [5.74, 6) is -2.74. The number of anilines is 1. The molecule has 0 spiro atoms. The maximum Gasteiger partial charge on any atom is 0.311 e. The van der Waals surface area contributed by atoms with Crippen LogP contribution in [-0.4, -0.2) is 41.9 Å². The number of hydrogen-bond acceptors (Lipinski definition) is 5. The first-order valence-electron chi connectivity index (χ1n) is 9.78. The maximum absolute atomic E-state index is 12.3. The predicted molar refractivity (Wildman–Crippen MR) is 117 cm³/mol. The van der Waals surface area contributed by atoms with Gasteiger partial charge >= 0.3 is 5.97 Å². The molecule has 3 amide bonds. The molecule has 1 atom stereocenters. The molecule has 31 heavy (non-hydrogen) atoms. The zero-order chi connectivity index (χ0) is 22.4. The third kappa shape index (κ3) is 6.14. The Labute approximate surface area is 188 Å². The van der Waals surface area contributed by atoms with Crippen LogP contribution in [0.3, 0.4) is 0 Å². The number of aryl methyl sites for hydroxylation is 1. The summed E-state index contributed by atoms with van der Waals surface area (Å²) in [5, 5.41) is 3.75. The minimum Gasteiger partial charge on any atom is -0.455 e. The van der Waals surface area contributed by atoms with Gasteiger partial charge in [0.2, 0.25) is 5.91 Å². The van der Waals surface area contributed by atoms with Crippen LogP contribution < -0.4 is 10.7 Å². The third-order valence-electron chi connectivity index (χ3n) is 4.79. The van der Waals surface area contributed by atoms with Gasteiger partial charge in [-0.3, -0.25) is 29.6 Å². The van der Waals surface area contributed by atoms with E-state index in [2.05, 4.69) is 26.7 Å². The lowest BCUT2D eigenvalue weighted by molar-refractivity contribution is -0.151. The average Bonchev–Trinajstić information content (AvgIpc) is 3.13. The molecular formula is C22H22BrN3O5. The Kier molecular flexibility index (Phi) is 7.41. The molecule has 162 valence electrons. The molecule has 0 unspecified atom stereocenters. The van der Waals surface area contributed by atoms with Crippen molar-refractivity contribution in [3.63, 3.8) is 0 Å². The summed E-state index contributed by atoms with van der Waals surface area (Å²) in [4.78, 5) is 48.7. The molecule has 9 heteroatoms. The van der Waals surface area contributed by atoms with Crippen LogP contribution in [0.25, 0.3) is 0 Å². The Morgan fingerprint density at radius 2 is 1.77 bits per heavy atom. The van der Waals surface area contributed by atoms with E-state index < -0.39 is 36.2 Å². The van der Waals surface area contributed by atoms with Gasteiger partial charge in [0.05, 0.1) is 12.5 Å². The highest BCUT2D eigenvalue weighted by molar-refractivity contribution is 9.10. The second-order valence-corrected chi connectivity index (χ2v) is 7.98. The summed E-state index contributed by atoms with van der Waals surface area (Å²) in [5.41, 5.74) is 4.63. The standard InChI is InChI=1S/C22H22BrN3O5/c1-2-14-3-9-18(10-4-14)24-19(27)13-31-22(30)16-11-20(28)26(12-16)25-21(29)15-5-7-17(23)8-6-15/h3-10,16H,2,11-13H2,1H3,(H,24,27)(H,25,29)/t16-/m1/s1. The van der Waals surface area contributed by atoms with Crippen LogP contribution in [0, 0.1) is 5.92 Å². The zero-order valence-corrected chi connectivity index (χ0v) is 18.5. The molecular weight excluding hydrogens is 466 g/mol. The van der Waals surface area contributed by atoms with E-state index >= 15 is 0 Å². The van der Waals surface area contributed by atoms with Gasteiger partial charge in [-0.15, -0.1) is 0 Å². The number of esters is 1. The number of ether oxygens (including phenoxy) is 1. The fourth-order valence-electron chi connectivity index (χ4n) is 3.04. The first kappa shape index (κ1) is 22.5. The lowest BCUT2D eigenvalue weighted by Crippen LogP contribution is -2.43. The number of benzene rings is 2. The largest absolute Gasteiger partial charge is 0.455 e. The number of carbonyl (C=O) groups is 4. The molecule has 0 aliphatic carbocycles. The van der Waals surface area contributed by atoms with Gasteiger partial charge in [-0.1, -0.05) is 35.0 Å². The summed E-state index contributed by atoms with van der Waals surface area (Å²) in [7, 11) is 0. The van der Waals surface area contributed by atoms with Crippen molar-refractivity contribution in [2.45, 2.75) is 19.8 Å². The molecule has 1 aliphatic rings. The van der Waals surface area contributed by atoms with Crippen molar-refractivity contribution in [1.29, 1.82) is 0 Å². The number of hydrazine groups is 1. The Hall–Kier alpha value is -3.20. The summed E-state index contributed by atoms with van der Waals surface area (Å²) in [6, 6.07) is 14.0. The van der Waals surface area contributed by atoms with Gasteiger partial charge in [-0.05, 0) is 48.4 Å². The van der Waals surface area contributed by atoms with Crippen LogP contribution in [0.4, 0.5) is 5.69 Å². The lowest BCUT2D eigenvalue weighted by atomic mass is 10.1. The van der Waals surface area contributed by atoms with Gasteiger partial charge in [0.1, 0.15) is 0 Å². The van der Waals surface area contributed by atoms with Crippen molar-refractivity contribution in [1.82, 2.24) is 10.4 Å². The molecule has 1 saturated heterocycles. The molecule has 0 radical (unpaired) electrons. The Morgan fingerprint density at radius 3 is 2.42 bits per heavy atom. The van der Waals surface area contributed by atoms with Crippen molar-refractivity contribution >= 4 is 45.3 Å². The smallest absolute Gasteiger partial charge is 0.311 e. The molecule has 2 aromatic carbocycles. The van der Waals surface area contributed by atoms with Crippen LogP contribution in [0.15, 0.2) is 53.0 Å². The summed E-state index contributed by atoms with van der Waals surface area (Å²) in [6.45, 7) is 1.57. The number of hydrogen-bond donors (Lipinski definition) is 2. The van der Waals surface area contributed by atoms with Crippen molar-refractivity contribution in [2.24, 2.45) is 5.92 Å². The van der Waals surface area contributed by atoms with E-state index in [4.69, 9.17) is 4.74 Å². The highest BCUT2D eigenvalue weighted by atomic mass is 79.9. The van der Waals surface area contributed by atoms with E-state index in [1.54, 1.807) is 36.4 Å². The predicted octanol–water partition coefficient (Wildman–Crippen LogP) is 2.69. The van der Waals surface area contributed by atoms with Gasteiger partial charge in [-0.25, -0.2) is 0 Å². The first-order chi connectivity index (χ1) is 14.9. The van der Waals surface area contributed by atoms with Crippen molar-refractivity contribution in [3.05, 3.63) is 64.1 Å². The van der Waals surface area contributed by atoms with E-state index in [9.17, 15) is 19.2 Å². The van der Waals surface area contributed by atoms with Gasteiger partial charge < -0.3 is 10.1 Å². The van der Waals surface area contributed by atoms with Crippen LogP contribution in [0.5, 0.6) is 0 Å². The molecule has 0 aromatic heterocycles. The average molecular weight is 488 g/mol. The fourth-order valence-corrected chi connectivity index (χ4v) is 3.30. The third-order valence-corrected chi connectivity index (χ3v) is 5.32. The summed E-state index contributed by atoms with van der Waals surface area (Å²) < 4.78 is 5.88.